The van der Waals surface area contributed by atoms with Crippen molar-refractivity contribution in [3.05, 3.63) is 0 Å². The highest BCUT2D eigenvalue weighted by Gasteiger charge is 2.52. The smallest absolute Gasteiger partial charge is 0.227 e. The molecule has 1 spiro atoms. The first-order valence-corrected chi connectivity index (χ1v) is 3.80. The van der Waals surface area contributed by atoms with Gasteiger partial charge in [0.25, 0.3) is 0 Å². The maximum absolute atomic E-state index is 11.2. The molecular formula is C7H12N2O. The minimum absolute atomic E-state index is 0.0775. The minimum Gasteiger partial charge on any atom is -0.354 e. The van der Waals surface area contributed by atoms with Crippen LogP contribution in [-0.2, 0) is 4.79 Å². The molecule has 1 aliphatic heterocycles. The van der Waals surface area contributed by atoms with Gasteiger partial charge in [0.1, 0.15) is 0 Å². The van der Waals surface area contributed by atoms with E-state index in [1.54, 1.807) is 0 Å². The van der Waals surface area contributed by atoms with E-state index in [2.05, 4.69) is 5.32 Å². The summed E-state index contributed by atoms with van der Waals surface area (Å²) >= 11 is 0. The van der Waals surface area contributed by atoms with Crippen LogP contribution < -0.4 is 11.1 Å². The van der Waals surface area contributed by atoms with Crippen LogP contribution in [0.4, 0.5) is 0 Å². The Morgan fingerprint density at radius 1 is 1.60 bits per heavy atom. The van der Waals surface area contributed by atoms with E-state index in [9.17, 15) is 4.79 Å². The maximum atomic E-state index is 11.2. The van der Waals surface area contributed by atoms with Gasteiger partial charge in [-0.05, 0) is 12.8 Å². The Bertz CT molecular complexity index is 174. The number of hydrogen-bond acceptors (Lipinski definition) is 2. The monoisotopic (exact) mass is 140 g/mol. The summed E-state index contributed by atoms with van der Waals surface area (Å²) in [6.45, 7) is 0.679. The predicted molar refractivity (Wildman–Crippen MR) is 37.3 cm³/mol. The quantitative estimate of drug-likeness (QED) is 0.481. The van der Waals surface area contributed by atoms with Crippen molar-refractivity contribution in [2.75, 3.05) is 6.54 Å². The van der Waals surface area contributed by atoms with Gasteiger partial charge in [-0.1, -0.05) is 6.42 Å². The molecule has 1 heterocycles. The zero-order valence-electron chi connectivity index (χ0n) is 5.89. The summed E-state index contributed by atoms with van der Waals surface area (Å²) < 4.78 is 0. The van der Waals surface area contributed by atoms with Crippen LogP contribution in [0.3, 0.4) is 0 Å². The molecule has 1 amide bonds. The van der Waals surface area contributed by atoms with Crippen LogP contribution in [0.2, 0.25) is 0 Å². The van der Waals surface area contributed by atoms with Crippen molar-refractivity contribution in [3.8, 4) is 0 Å². The van der Waals surface area contributed by atoms with Gasteiger partial charge in [0, 0.05) is 12.6 Å². The Morgan fingerprint density at radius 3 is 2.50 bits per heavy atom. The Balaban J connectivity index is 2.23. The van der Waals surface area contributed by atoms with Crippen LogP contribution in [0.5, 0.6) is 0 Å². The topological polar surface area (TPSA) is 55.1 Å². The summed E-state index contributed by atoms with van der Waals surface area (Å²) in [6.07, 6.45) is 3.17. The highest BCUT2D eigenvalue weighted by molar-refractivity contribution is 5.86. The molecule has 3 heteroatoms. The standard InChI is InChI=1S/C7H12N2O/c8-5-4-9-6(10)7(5)2-1-3-7/h5H,1-4,8H2,(H,9,10). The summed E-state index contributed by atoms with van der Waals surface area (Å²) in [7, 11) is 0. The Morgan fingerprint density at radius 2 is 2.30 bits per heavy atom. The van der Waals surface area contributed by atoms with Gasteiger partial charge >= 0.3 is 0 Å². The first-order chi connectivity index (χ1) is 4.76. The van der Waals surface area contributed by atoms with E-state index in [1.165, 1.54) is 6.42 Å². The third-order valence-corrected chi connectivity index (χ3v) is 2.89. The van der Waals surface area contributed by atoms with Crippen LogP contribution in [0.15, 0.2) is 0 Å². The lowest BCUT2D eigenvalue weighted by atomic mass is 9.65. The van der Waals surface area contributed by atoms with Crippen molar-refractivity contribution < 1.29 is 4.79 Å². The normalized spacial score (nSPS) is 35.7. The first kappa shape index (κ1) is 6.16. The lowest BCUT2D eigenvalue weighted by Gasteiger charge is -2.38. The van der Waals surface area contributed by atoms with E-state index >= 15 is 0 Å². The molecule has 2 aliphatic rings. The number of rotatable bonds is 0. The van der Waals surface area contributed by atoms with Crippen LogP contribution in [0.1, 0.15) is 19.3 Å². The molecular weight excluding hydrogens is 128 g/mol. The van der Waals surface area contributed by atoms with E-state index in [0.29, 0.717) is 6.54 Å². The molecule has 3 nitrogen and oxygen atoms in total. The molecule has 10 heavy (non-hydrogen) atoms. The molecule has 2 rings (SSSR count). The van der Waals surface area contributed by atoms with Gasteiger partial charge in [0.15, 0.2) is 0 Å². The summed E-state index contributed by atoms with van der Waals surface area (Å²) in [4.78, 5) is 11.2. The van der Waals surface area contributed by atoms with Crippen molar-refractivity contribution >= 4 is 5.91 Å². The van der Waals surface area contributed by atoms with Crippen molar-refractivity contribution in [3.63, 3.8) is 0 Å². The number of nitrogens with one attached hydrogen (secondary N) is 1. The summed E-state index contributed by atoms with van der Waals surface area (Å²) in [5.41, 5.74) is 5.64. The summed E-state index contributed by atoms with van der Waals surface area (Å²) in [5.74, 6) is 0.186. The fourth-order valence-corrected chi connectivity index (χ4v) is 1.90. The second-order valence-corrected chi connectivity index (χ2v) is 3.33. The number of carbonyl (C=O) groups excluding carboxylic acids is 1. The van der Waals surface area contributed by atoms with Crippen LogP contribution in [-0.4, -0.2) is 18.5 Å². The molecule has 0 aromatic carbocycles. The molecule has 1 saturated carbocycles. The Hall–Kier alpha value is -0.570. The van der Waals surface area contributed by atoms with Crippen LogP contribution in [0.25, 0.3) is 0 Å². The number of nitrogens with two attached hydrogens (primary N) is 1. The largest absolute Gasteiger partial charge is 0.354 e. The van der Waals surface area contributed by atoms with E-state index in [-0.39, 0.29) is 17.4 Å². The van der Waals surface area contributed by atoms with Crippen molar-refractivity contribution in [2.24, 2.45) is 11.1 Å². The highest BCUT2D eigenvalue weighted by Crippen LogP contribution is 2.45. The van der Waals surface area contributed by atoms with Gasteiger partial charge in [-0.15, -0.1) is 0 Å². The molecule has 0 aromatic rings. The van der Waals surface area contributed by atoms with E-state index in [4.69, 9.17) is 5.73 Å². The lowest BCUT2D eigenvalue weighted by molar-refractivity contribution is -0.132. The maximum Gasteiger partial charge on any atom is 0.227 e. The fraction of sp³-hybridized carbons (Fsp3) is 0.857. The second kappa shape index (κ2) is 1.72. The highest BCUT2D eigenvalue weighted by atomic mass is 16.2. The predicted octanol–water partition coefficient (Wildman–Crippen LogP) is -0.386. The van der Waals surface area contributed by atoms with Crippen molar-refractivity contribution in [1.29, 1.82) is 0 Å². The average molecular weight is 140 g/mol. The second-order valence-electron chi connectivity index (χ2n) is 3.33. The van der Waals surface area contributed by atoms with E-state index in [1.807, 2.05) is 0 Å². The zero-order valence-corrected chi connectivity index (χ0v) is 5.89. The molecule has 2 fully saturated rings. The molecule has 3 N–H and O–H groups in total. The average Bonchev–Trinajstić information content (AvgIpc) is 2.06. The first-order valence-electron chi connectivity index (χ1n) is 3.80. The number of carbonyl (C=O) groups is 1. The van der Waals surface area contributed by atoms with Gasteiger partial charge in [-0.25, -0.2) is 0 Å². The van der Waals surface area contributed by atoms with Gasteiger partial charge in [0.2, 0.25) is 5.91 Å². The third-order valence-electron chi connectivity index (χ3n) is 2.89. The van der Waals surface area contributed by atoms with Crippen LogP contribution >= 0.6 is 0 Å². The SMILES string of the molecule is NC1CNC(=O)C12CCC2. The molecule has 0 aromatic heterocycles. The number of amides is 1. The van der Waals surface area contributed by atoms with Gasteiger partial charge in [-0.2, -0.15) is 0 Å². The zero-order chi connectivity index (χ0) is 7.19. The van der Waals surface area contributed by atoms with Crippen molar-refractivity contribution in [2.45, 2.75) is 25.3 Å². The van der Waals surface area contributed by atoms with E-state index < -0.39 is 0 Å². The minimum atomic E-state index is -0.139. The summed E-state index contributed by atoms with van der Waals surface area (Å²) in [6, 6.07) is 0.0775. The van der Waals surface area contributed by atoms with E-state index in [0.717, 1.165) is 12.8 Å². The van der Waals surface area contributed by atoms with Crippen molar-refractivity contribution in [1.82, 2.24) is 5.32 Å². The van der Waals surface area contributed by atoms with Gasteiger partial charge in [-0.3, -0.25) is 4.79 Å². The Kier molecular flexibility index (Phi) is 1.06. The molecule has 0 bridgehead atoms. The van der Waals surface area contributed by atoms with Crippen LogP contribution in [0, 0.1) is 5.41 Å². The molecule has 56 valence electrons. The molecule has 1 aliphatic carbocycles. The molecule has 1 atom stereocenters. The summed E-state index contributed by atoms with van der Waals surface area (Å²) in [5, 5.41) is 2.80. The van der Waals surface area contributed by atoms with Gasteiger partial charge in [0.05, 0.1) is 5.41 Å². The Labute approximate surface area is 60.0 Å². The molecule has 1 unspecified atom stereocenters. The number of hydrogen-bond donors (Lipinski definition) is 2. The molecule has 1 saturated heterocycles. The third kappa shape index (κ3) is 0.515. The lowest BCUT2D eigenvalue weighted by Crippen LogP contribution is -2.48. The van der Waals surface area contributed by atoms with Gasteiger partial charge < -0.3 is 11.1 Å². The fourth-order valence-electron chi connectivity index (χ4n) is 1.90. The molecule has 0 radical (unpaired) electrons.